The topological polar surface area (TPSA) is 55.6 Å². The first-order chi connectivity index (χ1) is 8.74. The molecule has 1 heterocycles. The lowest BCUT2D eigenvalue weighted by Crippen LogP contribution is -2.24. The van der Waals surface area contributed by atoms with Gasteiger partial charge in [0.25, 0.3) is 0 Å². The fourth-order valence-electron chi connectivity index (χ4n) is 1.35. The molecule has 1 aromatic heterocycles. The van der Waals surface area contributed by atoms with Crippen molar-refractivity contribution in [3.05, 3.63) is 0 Å². The van der Waals surface area contributed by atoms with Crippen molar-refractivity contribution >= 4 is 23.5 Å². The highest BCUT2D eigenvalue weighted by molar-refractivity contribution is 8.02. The Kier molecular flexibility index (Phi) is 8.45. The Labute approximate surface area is 118 Å². The summed E-state index contributed by atoms with van der Waals surface area (Å²) in [5.41, 5.74) is 0. The molecule has 0 atom stereocenters. The molecule has 7 heteroatoms. The first kappa shape index (κ1) is 15.8. The van der Waals surface area contributed by atoms with Gasteiger partial charge in [-0.3, -0.25) is 0 Å². The van der Waals surface area contributed by atoms with Crippen molar-refractivity contribution < 1.29 is 0 Å². The normalized spacial score (nSPS) is 11.3. The maximum absolute atomic E-state index is 4.06. The standard InChI is InChI=1S/C11H23N5S2/c1-4-17-7-8-18-11-13-14-15-16(11)6-5-12-9-10(2)3/h10,12H,4-9H2,1-3H3. The largest absolute Gasteiger partial charge is 0.315 e. The summed E-state index contributed by atoms with van der Waals surface area (Å²) < 4.78 is 1.88. The maximum atomic E-state index is 4.06. The molecule has 1 rings (SSSR count). The van der Waals surface area contributed by atoms with Gasteiger partial charge in [0.15, 0.2) is 0 Å². The van der Waals surface area contributed by atoms with E-state index in [1.165, 1.54) is 5.75 Å². The molecule has 1 aromatic rings. The zero-order valence-corrected chi connectivity index (χ0v) is 13.1. The van der Waals surface area contributed by atoms with Crippen molar-refractivity contribution in [2.45, 2.75) is 32.5 Å². The molecule has 104 valence electrons. The second-order valence-electron chi connectivity index (χ2n) is 4.33. The number of tetrazole rings is 1. The van der Waals surface area contributed by atoms with Gasteiger partial charge in [-0.05, 0) is 28.6 Å². The average Bonchev–Trinajstić information content (AvgIpc) is 2.78. The third-order valence-electron chi connectivity index (χ3n) is 2.21. The minimum Gasteiger partial charge on any atom is -0.315 e. The minimum atomic E-state index is 0.679. The number of rotatable bonds is 10. The van der Waals surface area contributed by atoms with Crippen molar-refractivity contribution in [1.82, 2.24) is 25.5 Å². The summed E-state index contributed by atoms with van der Waals surface area (Å²) in [4.78, 5) is 0. The molecule has 0 fully saturated rings. The van der Waals surface area contributed by atoms with Crippen molar-refractivity contribution in [2.75, 3.05) is 30.3 Å². The van der Waals surface area contributed by atoms with Gasteiger partial charge in [-0.2, -0.15) is 11.8 Å². The number of hydrogen-bond donors (Lipinski definition) is 1. The van der Waals surface area contributed by atoms with Crippen LogP contribution in [0, 0.1) is 5.92 Å². The lowest BCUT2D eigenvalue weighted by Gasteiger charge is -2.07. The number of nitrogens with zero attached hydrogens (tertiary/aromatic N) is 4. The van der Waals surface area contributed by atoms with Crippen molar-refractivity contribution in [3.8, 4) is 0 Å². The van der Waals surface area contributed by atoms with Crippen molar-refractivity contribution in [2.24, 2.45) is 5.92 Å². The monoisotopic (exact) mass is 289 g/mol. The van der Waals surface area contributed by atoms with Gasteiger partial charge in [0.05, 0.1) is 6.54 Å². The van der Waals surface area contributed by atoms with Crippen molar-refractivity contribution in [3.63, 3.8) is 0 Å². The summed E-state index contributed by atoms with van der Waals surface area (Å²) in [6.07, 6.45) is 0. The lowest BCUT2D eigenvalue weighted by molar-refractivity contribution is 0.482. The number of hydrogen-bond acceptors (Lipinski definition) is 6. The van der Waals surface area contributed by atoms with Gasteiger partial charge >= 0.3 is 0 Å². The molecule has 5 nitrogen and oxygen atoms in total. The summed E-state index contributed by atoms with van der Waals surface area (Å²) in [7, 11) is 0. The molecule has 0 aliphatic heterocycles. The predicted molar refractivity (Wildman–Crippen MR) is 79.2 cm³/mol. The molecule has 0 saturated heterocycles. The third kappa shape index (κ3) is 6.61. The van der Waals surface area contributed by atoms with E-state index in [1.54, 1.807) is 11.8 Å². The summed E-state index contributed by atoms with van der Waals surface area (Å²) >= 11 is 3.69. The van der Waals surface area contributed by atoms with Crippen LogP contribution in [-0.4, -0.2) is 50.6 Å². The highest BCUT2D eigenvalue weighted by Gasteiger charge is 2.05. The Bertz CT molecular complexity index is 316. The van der Waals surface area contributed by atoms with Gasteiger partial charge in [-0.25, -0.2) is 4.68 Å². The Morgan fingerprint density at radius 2 is 2.17 bits per heavy atom. The Morgan fingerprint density at radius 1 is 1.33 bits per heavy atom. The van der Waals surface area contributed by atoms with E-state index < -0.39 is 0 Å². The van der Waals surface area contributed by atoms with E-state index in [1.807, 2.05) is 16.4 Å². The van der Waals surface area contributed by atoms with Gasteiger partial charge in [0, 0.05) is 18.1 Å². The molecule has 0 aliphatic carbocycles. The highest BCUT2D eigenvalue weighted by Crippen LogP contribution is 2.15. The van der Waals surface area contributed by atoms with Crippen LogP contribution >= 0.6 is 23.5 Å². The lowest BCUT2D eigenvalue weighted by atomic mass is 10.2. The van der Waals surface area contributed by atoms with E-state index in [9.17, 15) is 0 Å². The Hall–Kier alpha value is -0.270. The smallest absolute Gasteiger partial charge is 0.209 e. The first-order valence-corrected chi connectivity index (χ1v) is 8.55. The zero-order chi connectivity index (χ0) is 13.2. The van der Waals surface area contributed by atoms with E-state index in [0.717, 1.165) is 36.3 Å². The van der Waals surface area contributed by atoms with Gasteiger partial charge in [-0.1, -0.05) is 32.5 Å². The molecular formula is C11H23N5S2. The van der Waals surface area contributed by atoms with Crippen LogP contribution in [0.25, 0.3) is 0 Å². The van der Waals surface area contributed by atoms with E-state index >= 15 is 0 Å². The second-order valence-corrected chi connectivity index (χ2v) is 6.78. The fourth-order valence-corrected chi connectivity index (χ4v) is 3.00. The van der Waals surface area contributed by atoms with Crippen LogP contribution in [0.3, 0.4) is 0 Å². The van der Waals surface area contributed by atoms with Crippen LogP contribution in [0.15, 0.2) is 5.16 Å². The average molecular weight is 289 g/mol. The molecule has 0 radical (unpaired) electrons. The van der Waals surface area contributed by atoms with Gasteiger partial charge in [0.2, 0.25) is 5.16 Å². The zero-order valence-electron chi connectivity index (χ0n) is 11.4. The summed E-state index contributed by atoms with van der Waals surface area (Å²) in [5, 5.41) is 16.1. The molecule has 1 N–H and O–H groups in total. The molecule has 0 bridgehead atoms. The molecule has 0 saturated carbocycles. The van der Waals surface area contributed by atoms with Crippen LogP contribution in [-0.2, 0) is 6.54 Å². The summed E-state index contributed by atoms with van der Waals surface area (Å²) in [6.45, 7) is 9.38. The Morgan fingerprint density at radius 3 is 2.89 bits per heavy atom. The highest BCUT2D eigenvalue weighted by atomic mass is 32.2. The number of nitrogens with one attached hydrogen (secondary N) is 1. The van der Waals surface area contributed by atoms with Crippen LogP contribution in [0.4, 0.5) is 0 Å². The molecule has 0 aliphatic rings. The first-order valence-electron chi connectivity index (χ1n) is 6.41. The second kappa shape index (κ2) is 9.63. The van der Waals surface area contributed by atoms with E-state index in [2.05, 4.69) is 41.6 Å². The molecular weight excluding hydrogens is 266 g/mol. The van der Waals surface area contributed by atoms with E-state index in [-0.39, 0.29) is 0 Å². The molecule has 0 spiro atoms. The third-order valence-corrected chi connectivity index (χ3v) is 4.33. The molecule has 0 unspecified atom stereocenters. The SMILES string of the molecule is CCSCCSc1nnnn1CCNCC(C)C. The Balaban J connectivity index is 2.22. The van der Waals surface area contributed by atoms with Crippen LogP contribution in [0.2, 0.25) is 0 Å². The van der Waals surface area contributed by atoms with Crippen LogP contribution in [0.5, 0.6) is 0 Å². The van der Waals surface area contributed by atoms with Crippen LogP contribution in [0.1, 0.15) is 20.8 Å². The maximum Gasteiger partial charge on any atom is 0.209 e. The predicted octanol–water partition coefficient (Wildman–Crippen LogP) is 1.76. The molecule has 18 heavy (non-hydrogen) atoms. The van der Waals surface area contributed by atoms with Gasteiger partial charge in [0.1, 0.15) is 0 Å². The van der Waals surface area contributed by atoms with Crippen LogP contribution < -0.4 is 5.32 Å². The summed E-state index contributed by atoms with van der Waals surface area (Å²) in [5.74, 6) is 4.07. The summed E-state index contributed by atoms with van der Waals surface area (Å²) in [6, 6.07) is 0. The quantitative estimate of drug-likeness (QED) is 0.523. The van der Waals surface area contributed by atoms with Gasteiger partial charge in [-0.15, -0.1) is 5.10 Å². The van der Waals surface area contributed by atoms with Crippen molar-refractivity contribution in [1.29, 1.82) is 0 Å². The molecule has 0 aromatic carbocycles. The minimum absolute atomic E-state index is 0.679. The fraction of sp³-hybridized carbons (Fsp3) is 0.909. The van der Waals surface area contributed by atoms with E-state index in [0.29, 0.717) is 5.92 Å². The number of thioether (sulfide) groups is 2. The van der Waals surface area contributed by atoms with Gasteiger partial charge < -0.3 is 5.32 Å². The number of aromatic nitrogens is 4. The van der Waals surface area contributed by atoms with E-state index in [4.69, 9.17) is 0 Å². The molecule has 0 amide bonds.